The number of imidazole rings is 1. The minimum atomic E-state index is -3.59. The highest BCUT2D eigenvalue weighted by Gasteiger charge is 2.30. The molecule has 2 aromatic heterocycles. The lowest BCUT2D eigenvalue weighted by Gasteiger charge is -2.25. The van der Waals surface area contributed by atoms with Gasteiger partial charge in [-0.05, 0) is 34.1 Å². The predicted octanol–water partition coefficient (Wildman–Crippen LogP) is 2.68. The number of nitrogen functional groups attached to an aromatic ring is 1. The topological polar surface area (TPSA) is 153 Å². The fraction of sp³-hybridized carbons (Fsp3) is 0.700. The molecule has 0 aromatic carbocycles. The number of rotatable bonds is 15. The number of carbonyl (C=O) groups is 1. The second kappa shape index (κ2) is 13.0. The van der Waals surface area contributed by atoms with E-state index in [0.717, 1.165) is 12.8 Å². The Balaban J connectivity index is 1.99. The molecule has 12 nitrogen and oxygen atoms in total. The second-order valence-corrected chi connectivity index (χ2v) is 10.1. The summed E-state index contributed by atoms with van der Waals surface area (Å²) in [6, 6.07) is -0.845. The van der Waals surface area contributed by atoms with Crippen LogP contribution in [0.1, 0.15) is 47.5 Å². The third-order valence-corrected chi connectivity index (χ3v) is 6.35. The van der Waals surface area contributed by atoms with Crippen LogP contribution >= 0.6 is 7.52 Å². The van der Waals surface area contributed by atoms with Crippen molar-refractivity contribution in [3.8, 4) is 0 Å². The first kappa shape index (κ1) is 27.1. The molecule has 2 rings (SSSR count). The predicted molar refractivity (Wildman–Crippen MR) is 123 cm³/mol. The van der Waals surface area contributed by atoms with Gasteiger partial charge in [-0.2, -0.15) is 0 Å². The van der Waals surface area contributed by atoms with Crippen molar-refractivity contribution >= 4 is 30.5 Å². The lowest BCUT2D eigenvalue weighted by Crippen LogP contribution is -2.35. The van der Waals surface area contributed by atoms with Gasteiger partial charge in [0.1, 0.15) is 24.2 Å². The van der Waals surface area contributed by atoms with Gasteiger partial charge in [-0.25, -0.2) is 20.0 Å². The van der Waals surface area contributed by atoms with E-state index < -0.39 is 19.5 Å². The summed E-state index contributed by atoms with van der Waals surface area (Å²) < 4.78 is 37.0. The van der Waals surface area contributed by atoms with Crippen molar-refractivity contribution in [1.29, 1.82) is 0 Å². The molecule has 0 fully saturated rings. The Bertz CT molecular complexity index is 939. The van der Waals surface area contributed by atoms with E-state index >= 15 is 0 Å². The highest BCUT2D eigenvalue weighted by molar-refractivity contribution is 7.56. The minimum absolute atomic E-state index is 0.112. The Morgan fingerprint density at radius 3 is 2.67 bits per heavy atom. The summed E-state index contributed by atoms with van der Waals surface area (Å²) in [5.74, 6) is -0.216. The fourth-order valence-electron chi connectivity index (χ4n) is 2.74. The summed E-state index contributed by atoms with van der Waals surface area (Å²) in [5.41, 5.74) is 6.90. The monoisotopic (exact) mass is 486 g/mol. The largest absolute Gasteiger partial charge is 0.465 e. The third kappa shape index (κ3) is 8.63. The van der Waals surface area contributed by atoms with Crippen molar-refractivity contribution in [3.63, 3.8) is 0 Å². The standard InChI is InChI=1S/C20H35N6O6P/c1-6-7-8-29-20(27)16(5)25-33(28,32-12-30-14(2)3)13-31-15(4)9-26-11-24-17-18(21)22-10-23-19(17)26/h10-11,14-16H,6-9,12-13H2,1-5H3,(H,25,28)(H2,21,22,23)/t15-,16-,33?/m1/s1. The second-order valence-electron chi connectivity index (χ2n) is 7.94. The molecule has 3 atom stereocenters. The molecular weight excluding hydrogens is 451 g/mol. The number of esters is 1. The van der Waals surface area contributed by atoms with E-state index in [9.17, 15) is 9.36 Å². The van der Waals surface area contributed by atoms with E-state index in [1.165, 1.54) is 6.33 Å². The van der Waals surface area contributed by atoms with Crippen LogP contribution in [0.3, 0.4) is 0 Å². The molecule has 0 spiro atoms. The summed E-state index contributed by atoms with van der Waals surface area (Å²) in [5, 5.41) is 2.74. The summed E-state index contributed by atoms with van der Waals surface area (Å²) in [7, 11) is -3.59. The van der Waals surface area contributed by atoms with Crippen molar-refractivity contribution in [2.45, 2.75) is 72.3 Å². The molecule has 1 unspecified atom stereocenters. The molecule has 2 aromatic rings. The zero-order valence-corrected chi connectivity index (χ0v) is 20.8. The zero-order chi connectivity index (χ0) is 24.4. The van der Waals surface area contributed by atoms with Gasteiger partial charge >= 0.3 is 5.97 Å². The molecule has 0 radical (unpaired) electrons. The van der Waals surface area contributed by atoms with Crippen LogP contribution in [-0.4, -0.2) is 63.5 Å². The lowest BCUT2D eigenvalue weighted by molar-refractivity contribution is -0.145. The van der Waals surface area contributed by atoms with E-state index in [0.29, 0.717) is 30.1 Å². The highest BCUT2D eigenvalue weighted by Crippen LogP contribution is 2.43. The summed E-state index contributed by atoms with van der Waals surface area (Å²) in [6.07, 6.45) is 3.85. The first-order chi connectivity index (χ1) is 15.6. The van der Waals surface area contributed by atoms with Crippen LogP contribution in [0, 0.1) is 0 Å². The quantitative estimate of drug-likeness (QED) is 0.165. The molecule has 186 valence electrons. The lowest BCUT2D eigenvalue weighted by atomic mass is 10.3. The Kier molecular flexibility index (Phi) is 10.6. The number of nitrogens with one attached hydrogen (secondary N) is 1. The molecule has 0 aliphatic heterocycles. The van der Waals surface area contributed by atoms with E-state index in [-0.39, 0.29) is 25.3 Å². The van der Waals surface area contributed by atoms with Crippen molar-refractivity contribution in [1.82, 2.24) is 24.6 Å². The maximum Gasteiger partial charge on any atom is 0.323 e. The van der Waals surface area contributed by atoms with E-state index in [4.69, 9.17) is 24.5 Å². The number of ether oxygens (including phenoxy) is 3. The van der Waals surface area contributed by atoms with Crippen molar-refractivity contribution < 1.29 is 28.1 Å². The number of anilines is 1. The van der Waals surface area contributed by atoms with Gasteiger partial charge in [0.05, 0.1) is 31.7 Å². The smallest absolute Gasteiger partial charge is 0.323 e. The van der Waals surface area contributed by atoms with Crippen molar-refractivity contribution in [2.24, 2.45) is 0 Å². The normalized spacial score (nSPS) is 15.5. The van der Waals surface area contributed by atoms with Gasteiger partial charge in [0.25, 0.3) is 7.52 Å². The molecule has 33 heavy (non-hydrogen) atoms. The van der Waals surface area contributed by atoms with Crippen LogP contribution in [-0.2, 0) is 34.6 Å². The number of nitrogens with zero attached hydrogens (tertiary/aromatic N) is 4. The maximum absolute atomic E-state index is 13.4. The molecule has 0 saturated carbocycles. The summed E-state index contributed by atoms with van der Waals surface area (Å²) in [4.78, 5) is 24.6. The Hall–Kier alpha value is -2.11. The molecule has 0 aliphatic carbocycles. The molecule has 0 saturated heterocycles. The van der Waals surface area contributed by atoms with Crippen LogP contribution in [0.2, 0.25) is 0 Å². The van der Waals surface area contributed by atoms with Gasteiger partial charge in [0, 0.05) is 0 Å². The average molecular weight is 487 g/mol. The van der Waals surface area contributed by atoms with E-state index in [1.807, 2.05) is 27.7 Å². The summed E-state index contributed by atoms with van der Waals surface area (Å²) >= 11 is 0. The number of fused-ring (bicyclic) bond motifs is 1. The number of hydrogen-bond acceptors (Lipinski definition) is 10. The summed E-state index contributed by atoms with van der Waals surface area (Å²) in [6.45, 7) is 9.53. The van der Waals surface area contributed by atoms with Gasteiger partial charge < -0.3 is 24.5 Å². The van der Waals surface area contributed by atoms with Crippen molar-refractivity contribution in [3.05, 3.63) is 12.7 Å². The number of hydrogen-bond donors (Lipinski definition) is 2. The first-order valence-electron chi connectivity index (χ1n) is 11.0. The maximum atomic E-state index is 13.4. The number of aromatic nitrogens is 4. The molecule has 0 aliphatic rings. The van der Waals surface area contributed by atoms with Gasteiger partial charge in [-0.3, -0.25) is 13.9 Å². The van der Waals surface area contributed by atoms with Gasteiger partial charge in [-0.15, -0.1) is 0 Å². The number of unbranched alkanes of at least 4 members (excludes halogenated alkanes) is 1. The molecule has 2 heterocycles. The number of nitrogens with two attached hydrogens (primary N) is 1. The van der Waals surface area contributed by atoms with E-state index in [1.54, 1.807) is 17.8 Å². The van der Waals surface area contributed by atoms with Crippen LogP contribution < -0.4 is 10.8 Å². The van der Waals surface area contributed by atoms with Crippen LogP contribution in [0.25, 0.3) is 11.2 Å². The van der Waals surface area contributed by atoms with Crippen LogP contribution in [0.15, 0.2) is 12.7 Å². The Labute approximate surface area is 194 Å². The fourth-order valence-corrected chi connectivity index (χ4v) is 4.34. The third-order valence-electron chi connectivity index (χ3n) is 4.56. The Morgan fingerprint density at radius 1 is 1.21 bits per heavy atom. The van der Waals surface area contributed by atoms with Crippen LogP contribution in [0.5, 0.6) is 0 Å². The molecular formula is C20H35N6O6P. The zero-order valence-electron chi connectivity index (χ0n) is 19.9. The number of carbonyl (C=O) groups excluding carboxylic acids is 1. The molecule has 13 heteroatoms. The molecule has 3 N–H and O–H groups in total. The minimum Gasteiger partial charge on any atom is -0.465 e. The van der Waals surface area contributed by atoms with Crippen LogP contribution in [0.4, 0.5) is 5.82 Å². The average Bonchev–Trinajstić information content (AvgIpc) is 3.16. The van der Waals surface area contributed by atoms with Gasteiger partial charge in [0.15, 0.2) is 18.3 Å². The van der Waals surface area contributed by atoms with Gasteiger partial charge in [-0.1, -0.05) is 13.3 Å². The molecule has 0 bridgehead atoms. The van der Waals surface area contributed by atoms with Gasteiger partial charge in [0.2, 0.25) is 0 Å². The Morgan fingerprint density at radius 2 is 1.97 bits per heavy atom. The highest BCUT2D eigenvalue weighted by atomic mass is 31.2. The van der Waals surface area contributed by atoms with Crippen molar-refractivity contribution in [2.75, 3.05) is 25.5 Å². The van der Waals surface area contributed by atoms with E-state index in [2.05, 4.69) is 20.0 Å². The SMILES string of the molecule is CCCCOC(=O)[C@@H](C)NP(=O)(CO[C@H](C)Cn1cnc2c(N)ncnc21)OCOC(C)C. The first-order valence-corrected chi connectivity index (χ1v) is 12.8. The molecule has 0 amide bonds.